The number of carbonyl (C=O) groups is 6. The van der Waals surface area contributed by atoms with Crippen LogP contribution in [0.3, 0.4) is 0 Å². The van der Waals surface area contributed by atoms with Crippen molar-refractivity contribution in [1.82, 2.24) is 15.0 Å². The van der Waals surface area contributed by atoms with E-state index in [2.05, 4.69) is 0 Å². The van der Waals surface area contributed by atoms with E-state index in [0.717, 1.165) is 12.2 Å². The lowest BCUT2D eigenvalue weighted by atomic mass is 10.2. The van der Waals surface area contributed by atoms with Gasteiger partial charge in [0.25, 0.3) is 23.6 Å². The van der Waals surface area contributed by atoms with Crippen molar-refractivity contribution in [3.8, 4) is 0 Å². The molecule has 12 nitrogen and oxygen atoms in total. The molecule has 0 unspecified atom stereocenters. The van der Waals surface area contributed by atoms with Crippen LogP contribution in [-0.2, 0) is 33.5 Å². The van der Waals surface area contributed by atoms with Crippen molar-refractivity contribution in [3.63, 3.8) is 0 Å². The van der Waals surface area contributed by atoms with E-state index in [4.69, 9.17) is 9.57 Å². The minimum Gasteiger partial charge on any atom is -0.442 e. The first-order valence-electron chi connectivity index (χ1n) is 8.23. The molecule has 1 atom stereocenters. The maximum atomic E-state index is 12.5. The summed E-state index contributed by atoms with van der Waals surface area (Å²) in [6.07, 6.45) is 0.188. The number of ether oxygens (including phenoxy) is 1. The first kappa shape index (κ1) is 21.0. The van der Waals surface area contributed by atoms with Gasteiger partial charge >= 0.3 is 12.1 Å². The Morgan fingerprint density at radius 1 is 1.11 bits per heavy atom. The smallest absolute Gasteiger partial charge is 0.434 e. The molecule has 2 aliphatic rings. The van der Waals surface area contributed by atoms with E-state index in [0.29, 0.717) is 4.90 Å². The van der Waals surface area contributed by atoms with Crippen molar-refractivity contribution < 1.29 is 43.5 Å². The molecule has 12 heteroatoms. The number of imide groups is 2. The van der Waals surface area contributed by atoms with Crippen molar-refractivity contribution >= 4 is 35.7 Å². The second kappa shape index (κ2) is 7.76. The highest BCUT2D eigenvalue weighted by molar-refractivity contribution is 6.15. The number of hydrogen-bond donors (Lipinski definition) is 1. The summed E-state index contributed by atoms with van der Waals surface area (Å²) in [4.78, 5) is 76.6. The van der Waals surface area contributed by atoms with Crippen LogP contribution in [0.25, 0.3) is 0 Å². The highest BCUT2D eigenvalue weighted by Gasteiger charge is 2.42. The molecule has 5 amide bonds. The van der Waals surface area contributed by atoms with Crippen LogP contribution in [0.5, 0.6) is 0 Å². The van der Waals surface area contributed by atoms with Crippen LogP contribution >= 0.6 is 0 Å². The average Bonchev–Trinajstić information content (AvgIpc) is 3.07. The summed E-state index contributed by atoms with van der Waals surface area (Å²) in [5, 5.41) is 10.1. The second-order valence-corrected chi connectivity index (χ2v) is 6.95. The van der Waals surface area contributed by atoms with Crippen LogP contribution in [0.4, 0.5) is 4.79 Å². The number of nitrogens with zero attached hydrogens (tertiary/aromatic N) is 3. The molecule has 0 spiro atoms. The van der Waals surface area contributed by atoms with E-state index in [9.17, 15) is 34.0 Å². The molecule has 0 aliphatic carbocycles. The zero-order valence-corrected chi connectivity index (χ0v) is 15.4. The van der Waals surface area contributed by atoms with Crippen molar-refractivity contribution in [1.29, 1.82) is 0 Å². The first-order valence-corrected chi connectivity index (χ1v) is 8.23. The Kier molecular flexibility index (Phi) is 5.83. The molecule has 0 aromatic rings. The van der Waals surface area contributed by atoms with Crippen molar-refractivity contribution in [2.75, 3.05) is 6.54 Å². The zero-order valence-electron chi connectivity index (χ0n) is 15.4. The predicted octanol–water partition coefficient (Wildman–Crippen LogP) is -0.486. The summed E-state index contributed by atoms with van der Waals surface area (Å²) in [6, 6.07) is -1.83. The third-order valence-corrected chi connectivity index (χ3v) is 3.56. The summed E-state index contributed by atoms with van der Waals surface area (Å²) in [5.41, 5.74) is -0.969. The molecule has 0 bridgehead atoms. The molecule has 0 aromatic heterocycles. The van der Waals surface area contributed by atoms with Crippen molar-refractivity contribution in [2.24, 2.45) is 0 Å². The monoisotopic (exact) mass is 397 g/mol. The van der Waals surface area contributed by atoms with Gasteiger partial charge < -0.3 is 9.57 Å². The van der Waals surface area contributed by atoms with E-state index < -0.39 is 53.9 Å². The molecule has 1 saturated heterocycles. The Bertz CT molecular complexity index is 734. The fraction of sp³-hybridized carbons (Fsp3) is 0.500. The molecular formula is C16H19N3O9. The fourth-order valence-electron chi connectivity index (χ4n) is 2.34. The van der Waals surface area contributed by atoms with E-state index in [1.54, 1.807) is 0 Å². The van der Waals surface area contributed by atoms with Crippen LogP contribution < -0.4 is 0 Å². The van der Waals surface area contributed by atoms with Gasteiger partial charge in [-0.1, -0.05) is 0 Å². The lowest BCUT2D eigenvalue weighted by Crippen LogP contribution is -2.54. The average molecular weight is 397 g/mol. The highest BCUT2D eigenvalue weighted by atomic mass is 16.7. The number of rotatable bonds is 5. The lowest BCUT2D eigenvalue weighted by molar-refractivity contribution is -0.203. The molecule has 28 heavy (non-hydrogen) atoms. The highest BCUT2D eigenvalue weighted by Crippen LogP contribution is 2.17. The number of hydroxylamine groups is 4. The van der Waals surface area contributed by atoms with E-state index in [-0.39, 0.29) is 23.0 Å². The molecule has 152 valence electrons. The van der Waals surface area contributed by atoms with Crippen molar-refractivity contribution in [3.05, 3.63) is 12.2 Å². The van der Waals surface area contributed by atoms with Gasteiger partial charge in [0.15, 0.2) is 6.04 Å². The summed E-state index contributed by atoms with van der Waals surface area (Å²) in [7, 11) is 0. The maximum absolute atomic E-state index is 12.5. The third kappa shape index (κ3) is 4.71. The topological polar surface area (TPSA) is 151 Å². The lowest BCUT2D eigenvalue weighted by Gasteiger charge is -2.29. The Hall–Kier alpha value is -3.28. The standard InChI is InChI=1S/C16H19N3O9/c1-16(2,3)27-15(25)17(26)8-9(18-10(20)4-5-11(18)21)14(24)28-19-12(22)6-7-13(19)23/h4-5,9,26H,6-8H2,1-3H3/t9-/m0/s1. The van der Waals surface area contributed by atoms with Crippen molar-refractivity contribution in [2.45, 2.75) is 45.3 Å². The van der Waals surface area contributed by atoms with E-state index in [1.807, 2.05) is 0 Å². The van der Waals surface area contributed by atoms with E-state index >= 15 is 0 Å². The normalized spacial score (nSPS) is 18.0. The quantitative estimate of drug-likeness (QED) is 0.368. The number of carbonyl (C=O) groups excluding carboxylic acids is 6. The molecule has 2 rings (SSSR count). The second-order valence-electron chi connectivity index (χ2n) is 6.95. The number of hydrogen-bond acceptors (Lipinski definition) is 9. The summed E-state index contributed by atoms with van der Waals surface area (Å²) < 4.78 is 4.93. The Labute approximate surface area is 159 Å². The molecule has 2 aliphatic heterocycles. The molecule has 1 N–H and O–H groups in total. The third-order valence-electron chi connectivity index (χ3n) is 3.56. The zero-order chi connectivity index (χ0) is 21.2. The van der Waals surface area contributed by atoms with Crippen LogP contribution in [0.1, 0.15) is 33.6 Å². The van der Waals surface area contributed by atoms with Gasteiger partial charge in [-0.25, -0.2) is 9.59 Å². The minimum absolute atomic E-state index is 0.0102. The summed E-state index contributed by atoms with van der Waals surface area (Å²) in [6.45, 7) is 3.70. The maximum Gasteiger partial charge on any atom is 0.434 e. The molecule has 1 fully saturated rings. The van der Waals surface area contributed by atoms with Crippen LogP contribution in [0, 0.1) is 0 Å². The number of amides is 5. The molecule has 0 radical (unpaired) electrons. The van der Waals surface area contributed by atoms with Gasteiger partial charge in [-0.3, -0.25) is 29.3 Å². The first-order chi connectivity index (χ1) is 12.9. The SMILES string of the molecule is CC(C)(C)OC(=O)N(O)C[C@@H](C(=O)ON1C(=O)CCC1=O)N1C(=O)C=CC1=O. The molecular weight excluding hydrogens is 378 g/mol. The minimum atomic E-state index is -1.83. The Morgan fingerprint density at radius 3 is 2.07 bits per heavy atom. The van der Waals surface area contributed by atoms with Crippen LogP contribution in [0.15, 0.2) is 12.2 Å². The van der Waals surface area contributed by atoms with Gasteiger partial charge in [0.1, 0.15) is 5.60 Å². The Morgan fingerprint density at radius 2 is 1.61 bits per heavy atom. The van der Waals surface area contributed by atoms with Gasteiger partial charge in [-0.05, 0) is 20.8 Å². The van der Waals surface area contributed by atoms with Gasteiger partial charge in [-0.2, -0.15) is 5.06 Å². The largest absolute Gasteiger partial charge is 0.442 e. The van der Waals surface area contributed by atoms with Gasteiger partial charge in [0.2, 0.25) is 0 Å². The molecule has 0 aromatic carbocycles. The van der Waals surface area contributed by atoms with Crippen LogP contribution in [0.2, 0.25) is 0 Å². The molecule has 0 saturated carbocycles. The van der Waals surface area contributed by atoms with Crippen LogP contribution in [-0.4, -0.2) is 74.1 Å². The fourth-order valence-corrected chi connectivity index (χ4v) is 2.34. The van der Waals surface area contributed by atoms with Gasteiger partial charge in [0, 0.05) is 25.0 Å². The summed E-state index contributed by atoms with van der Waals surface area (Å²) >= 11 is 0. The summed E-state index contributed by atoms with van der Waals surface area (Å²) in [5.74, 6) is -4.71. The predicted molar refractivity (Wildman–Crippen MR) is 86.7 cm³/mol. The van der Waals surface area contributed by atoms with E-state index in [1.165, 1.54) is 20.8 Å². The molecule has 2 heterocycles. The van der Waals surface area contributed by atoms with Gasteiger partial charge in [-0.15, -0.1) is 5.06 Å². The Balaban J connectivity index is 2.20. The van der Waals surface area contributed by atoms with Gasteiger partial charge in [0.05, 0.1) is 6.54 Å².